The van der Waals surface area contributed by atoms with E-state index in [-0.39, 0.29) is 17.7 Å². The van der Waals surface area contributed by atoms with Crippen LogP contribution in [0.4, 0.5) is 0 Å². The number of Topliss-reactive ketones (excluding diaryl/α,β-unsaturated/α-hetero) is 1. The van der Waals surface area contributed by atoms with Crippen LogP contribution in [-0.2, 0) is 14.3 Å². The highest BCUT2D eigenvalue weighted by Gasteiger charge is 2.47. The molecule has 0 aromatic heterocycles. The Balaban J connectivity index is 2.08. The van der Waals surface area contributed by atoms with Crippen LogP contribution in [-0.4, -0.2) is 18.4 Å². The Labute approximate surface area is 96.5 Å². The van der Waals surface area contributed by atoms with E-state index in [0.29, 0.717) is 12.5 Å². The lowest BCUT2D eigenvalue weighted by Gasteiger charge is -2.27. The molecule has 2 aliphatic carbocycles. The van der Waals surface area contributed by atoms with Gasteiger partial charge in [0.1, 0.15) is 11.7 Å². The molecule has 3 nitrogen and oxygen atoms in total. The van der Waals surface area contributed by atoms with Gasteiger partial charge in [0.2, 0.25) is 0 Å². The third kappa shape index (κ3) is 2.00. The standard InChI is InChI=1S/C13H20O3/c1-3-16-13(15)12(8(2)14)11-7-9-4-5-10(11)6-9/h9-12H,3-7H2,1-2H3. The molecule has 2 rings (SSSR count). The first-order valence-electron chi connectivity index (χ1n) is 6.30. The number of esters is 1. The number of rotatable bonds is 4. The molecule has 4 atom stereocenters. The second kappa shape index (κ2) is 4.56. The van der Waals surface area contributed by atoms with E-state index in [2.05, 4.69) is 0 Å². The van der Waals surface area contributed by atoms with Crippen molar-refractivity contribution in [2.75, 3.05) is 6.61 Å². The van der Waals surface area contributed by atoms with Crippen LogP contribution in [0.2, 0.25) is 0 Å². The lowest BCUT2D eigenvalue weighted by Crippen LogP contribution is -2.34. The normalized spacial score (nSPS) is 33.8. The Morgan fingerprint density at radius 3 is 2.50 bits per heavy atom. The van der Waals surface area contributed by atoms with Crippen LogP contribution in [0, 0.1) is 23.7 Å². The monoisotopic (exact) mass is 224 g/mol. The maximum Gasteiger partial charge on any atom is 0.316 e. The van der Waals surface area contributed by atoms with Crippen LogP contribution >= 0.6 is 0 Å². The van der Waals surface area contributed by atoms with Crippen LogP contribution in [0.5, 0.6) is 0 Å². The average molecular weight is 224 g/mol. The van der Waals surface area contributed by atoms with Crippen molar-refractivity contribution in [3.05, 3.63) is 0 Å². The zero-order chi connectivity index (χ0) is 11.7. The fourth-order valence-electron chi connectivity index (χ4n) is 3.58. The number of ketones is 1. The zero-order valence-corrected chi connectivity index (χ0v) is 10.1. The molecule has 0 radical (unpaired) electrons. The first-order valence-corrected chi connectivity index (χ1v) is 6.30. The summed E-state index contributed by atoms with van der Waals surface area (Å²) < 4.78 is 5.03. The van der Waals surface area contributed by atoms with Gasteiger partial charge in [-0.15, -0.1) is 0 Å². The van der Waals surface area contributed by atoms with Gasteiger partial charge in [-0.3, -0.25) is 9.59 Å². The van der Waals surface area contributed by atoms with Gasteiger partial charge in [0.05, 0.1) is 6.61 Å². The molecule has 4 unspecified atom stereocenters. The molecule has 0 saturated heterocycles. The number of fused-ring (bicyclic) bond motifs is 2. The van der Waals surface area contributed by atoms with Gasteiger partial charge in [-0.25, -0.2) is 0 Å². The third-order valence-corrected chi connectivity index (χ3v) is 4.20. The molecule has 0 aromatic carbocycles. The number of carbonyl (C=O) groups excluding carboxylic acids is 2. The molecule has 2 fully saturated rings. The quantitative estimate of drug-likeness (QED) is 0.543. The summed E-state index contributed by atoms with van der Waals surface area (Å²) in [4.78, 5) is 23.4. The fourth-order valence-corrected chi connectivity index (χ4v) is 3.58. The summed E-state index contributed by atoms with van der Waals surface area (Å²) in [6.45, 7) is 3.67. The minimum atomic E-state index is -0.491. The van der Waals surface area contributed by atoms with Gasteiger partial charge in [-0.2, -0.15) is 0 Å². The number of ether oxygens (including phenoxy) is 1. The van der Waals surface area contributed by atoms with Crippen molar-refractivity contribution in [1.29, 1.82) is 0 Å². The number of hydrogen-bond acceptors (Lipinski definition) is 3. The van der Waals surface area contributed by atoms with Crippen molar-refractivity contribution >= 4 is 11.8 Å². The van der Waals surface area contributed by atoms with E-state index in [1.807, 2.05) is 0 Å². The Morgan fingerprint density at radius 2 is 2.06 bits per heavy atom. The van der Waals surface area contributed by atoms with Gasteiger partial charge in [0.25, 0.3) is 0 Å². The highest BCUT2D eigenvalue weighted by molar-refractivity contribution is 5.98. The lowest BCUT2D eigenvalue weighted by atomic mass is 9.77. The molecule has 3 heteroatoms. The molecule has 0 amide bonds. The van der Waals surface area contributed by atoms with Crippen molar-refractivity contribution in [3.63, 3.8) is 0 Å². The molecule has 0 aromatic rings. The summed E-state index contributed by atoms with van der Waals surface area (Å²) in [6.07, 6.45) is 4.74. The first kappa shape index (κ1) is 11.6. The SMILES string of the molecule is CCOC(=O)C(C(C)=O)C1CC2CCC1C2. The van der Waals surface area contributed by atoms with E-state index >= 15 is 0 Å². The maximum atomic E-state index is 11.8. The molecule has 2 aliphatic rings. The van der Waals surface area contributed by atoms with Gasteiger partial charge in [-0.05, 0) is 50.9 Å². The van der Waals surface area contributed by atoms with E-state index in [1.165, 1.54) is 26.2 Å². The van der Waals surface area contributed by atoms with Gasteiger partial charge >= 0.3 is 5.97 Å². The Bertz CT molecular complexity index is 298. The minimum Gasteiger partial charge on any atom is -0.465 e. The Hall–Kier alpha value is -0.860. The predicted molar refractivity (Wildman–Crippen MR) is 59.7 cm³/mol. The van der Waals surface area contributed by atoms with E-state index in [9.17, 15) is 9.59 Å². The molecule has 0 N–H and O–H groups in total. The average Bonchev–Trinajstić information content (AvgIpc) is 2.79. The highest BCUT2D eigenvalue weighted by Crippen LogP contribution is 2.51. The molecule has 0 heterocycles. The number of carbonyl (C=O) groups is 2. The predicted octanol–water partition coefficient (Wildman–Crippen LogP) is 2.19. The maximum absolute atomic E-state index is 11.8. The lowest BCUT2D eigenvalue weighted by molar-refractivity contribution is -0.154. The molecule has 2 saturated carbocycles. The third-order valence-electron chi connectivity index (χ3n) is 4.20. The first-order chi connectivity index (χ1) is 7.63. The van der Waals surface area contributed by atoms with Crippen LogP contribution < -0.4 is 0 Å². The molecular weight excluding hydrogens is 204 g/mol. The van der Waals surface area contributed by atoms with Crippen molar-refractivity contribution in [2.45, 2.75) is 39.5 Å². The summed E-state index contributed by atoms with van der Waals surface area (Å²) in [5, 5.41) is 0. The highest BCUT2D eigenvalue weighted by atomic mass is 16.5. The van der Waals surface area contributed by atoms with Crippen molar-refractivity contribution in [2.24, 2.45) is 23.7 Å². The molecule has 0 aliphatic heterocycles. The summed E-state index contributed by atoms with van der Waals surface area (Å²) >= 11 is 0. The summed E-state index contributed by atoms with van der Waals surface area (Å²) in [5.74, 6) is 0.795. The minimum absolute atomic E-state index is 0.0176. The van der Waals surface area contributed by atoms with Gasteiger partial charge in [0.15, 0.2) is 0 Å². The number of hydrogen-bond donors (Lipinski definition) is 0. The van der Waals surface area contributed by atoms with E-state index in [0.717, 1.165) is 12.3 Å². The molecule has 90 valence electrons. The van der Waals surface area contributed by atoms with Crippen LogP contribution in [0.25, 0.3) is 0 Å². The van der Waals surface area contributed by atoms with Gasteiger partial charge in [0, 0.05) is 0 Å². The second-order valence-electron chi connectivity index (χ2n) is 5.18. The van der Waals surface area contributed by atoms with E-state index in [4.69, 9.17) is 4.74 Å². The van der Waals surface area contributed by atoms with Crippen molar-refractivity contribution < 1.29 is 14.3 Å². The Morgan fingerprint density at radius 1 is 1.31 bits per heavy atom. The summed E-state index contributed by atoms with van der Waals surface area (Å²) in [6, 6.07) is 0. The zero-order valence-electron chi connectivity index (χ0n) is 10.1. The van der Waals surface area contributed by atoms with Gasteiger partial charge in [-0.1, -0.05) is 6.42 Å². The topological polar surface area (TPSA) is 43.4 Å². The summed E-state index contributed by atoms with van der Waals surface area (Å²) in [5.41, 5.74) is 0. The van der Waals surface area contributed by atoms with Crippen LogP contribution in [0.1, 0.15) is 39.5 Å². The van der Waals surface area contributed by atoms with E-state index < -0.39 is 5.92 Å². The van der Waals surface area contributed by atoms with Gasteiger partial charge < -0.3 is 4.74 Å². The largest absolute Gasteiger partial charge is 0.465 e. The molecule has 0 spiro atoms. The second-order valence-corrected chi connectivity index (χ2v) is 5.18. The van der Waals surface area contributed by atoms with E-state index in [1.54, 1.807) is 6.92 Å². The Kier molecular flexibility index (Phi) is 3.31. The smallest absolute Gasteiger partial charge is 0.316 e. The molecule has 2 bridgehead atoms. The van der Waals surface area contributed by atoms with Crippen molar-refractivity contribution in [3.8, 4) is 0 Å². The summed E-state index contributed by atoms with van der Waals surface area (Å²) in [7, 11) is 0. The van der Waals surface area contributed by atoms with Crippen LogP contribution in [0.15, 0.2) is 0 Å². The fraction of sp³-hybridized carbons (Fsp3) is 0.846. The molecular formula is C13H20O3. The molecule has 16 heavy (non-hydrogen) atoms. The van der Waals surface area contributed by atoms with Crippen LogP contribution in [0.3, 0.4) is 0 Å². The van der Waals surface area contributed by atoms with Crippen molar-refractivity contribution in [1.82, 2.24) is 0 Å².